The van der Waals surface area contributed by atoms with Crippen molar-refractivity contribution in [2.45, 2.75) is 32.7 Å². The third-order valence-electron chi connectivity index (χ3n) is 2.67. The molecule has 6 heteroatoms. The number of carboxylic acids is 1. The second-order valence-corrected chi connectivity index (χ2v) is 4.73. The van der Waals surface area contributed by atoms with E-state index in [1.54, 1.807) is 0 Å². The van der Waals surface area contributed by atoms with Crippen LogP contribution in [0.15, 0.2) is 0 Å². The monoisotopic (exact) mass is 242 g/mol. The largest absolute Gasteiger partial charge is 0.480 e. The number of nitrogens with one attached hydrogen (secondary N) is 2. The summed E-state index contributed by atoms with van der Waals surface area (Å²) in [5, 5.41) is 14.0. The molecule has 1 rings (SSSR count). The standard InChI is InChI=1S/C11H18N2O4/c1-6(2)3-8(11(16)17)13-10(15)7-4-9(14)12-5-7/h6-8H,3-5H2,1-2H3,(H,12,14)(H,13,15)(H,16,17)/t7?,8-/m0/s1. The van der Waals surface area contributed by atoms with E-state index in [4.69, 9.17) is 5.11 Å². The van der Waals surface area contributed by atoms with Crippen LogP contribution < -0.4 is 10.6 Å². The predicted molar refractivity (Wildman–Crippen MR) is 60.1 cm³/mol. The van der Waals surface area contributed by atoms with E-state index in [2.05, 4.69) is 10.6 Å². The van der Waals surface area contributed by atoms with Gasteiger partial charge >= 0.3 is 5.97 Å². The summed E-state index contributed by atoms with van der Waals surface area (Å²) in [7, 11) is 0. The molecular weight excluding hydrogens is 224 g/mol. The van der Waals surface area contributed by atoms with E-state index in [-0.39, 0.29) is 24.2 Å². The Morgan fingerprint density at radius 2 is 2.18 bits per heavy atom. The van der Waals surface area contributed by atoms with E-state index in [0.717, 1.165) is 0 Å². The van der Waals surface area contributed by atoms with E-state index in [0.29, 0.717) is 13.0 Å². The molecule has 0 aromatic rings. The fourth-order valence-corrected chi connectivity index (χ4v) is 1.77. The molecule has 1 saturated heterocycles. The third kappa shape index (κ3) is 4.05. The summed E-state index contributed by atoms with van der Waals surface area (Å²) in [6.07, 6.45) is 0.523. The number of hydrogen-bond acceptors (Lipinski definition) is 3. The number of aliphatic carboxylic acids is 1. The van der Waals surface area contributed by atoms with Crippen LogP contribution in [0.25, 0.3) is 0 Å². The lowest BCUT2D eigenvalue weighted by atomic mass is 10.0. The Kier molecular flexibility index (Phi) is 4.48. The van der Waals surface area contributed by atoms with Gasteiger partial charge in [0, 0.05) is 13.0 Å². The fourth-order valence-electron chi connectivity index (χ4n) is 1.77. The number of hydrogen-bond donors (Lipinski definition) is 3. The van der Waals surface area contributed by atoms with Gasteiger partial charge in [0.05, 0.1) is 5.92 Å². The minimum atomic E-state index is -1.04. The highest BCUT2D eigenvalue weighted by Gasteiger charge is 2.30. The summed E-state index contributed by atoms with van der Waals surface area (Å²) >= 11 is 0. The summed E-state index contributed by atoms with van der Waals surface area (Å²) in [5.74, 6) is -1.84. The van der Waals surface area contributed by atoms with Crippen LogP contribution in [0.5, 0.6) is 0 Å². The van der Waals surface area contributed by atoms with Gasteiger partial charge in [-0.2, -0.15) is 0 Å². The Hall–Kier alpha value is -1.59. The minimum absolute atomic E-state index is 0.139. The molecule has 1 aliphatic rings. The van der Waals surface area contributed by atoms with Crippen LogP contribution in [0.4, 0.5) is 0 Å². The predicted octanol–water partition coefficient (Wildman–Crippen LogP) is -0.262. The smallest absolute Gasteiger partial charge is 0.326 e. The molecule has 1 unspecified atom stereocenters. The Labute approximate surface area is 99.8 Å². The van der Waals surface area contributed by atoms with Gasteiger partial charge in [-0.15, -0.1) is 0 Å². The van der Waals surface area contributed by atoms with E-state index >= 15 is 0 Å². The van der Waals surface area contributed by atoms with Gasteiger partial charge in [-0.3, -0.25) is 9.59 Å². The van der Waals surface area contributed by atoms with Crippen molar-refractivity contribution in [3.05, 3.63) is 0 Å². The summed E-state index contributed by atoms with van der Waals surface area (Å²) in [4.78, 5) is 33.6. The van der Waals surface area contributed by atoms with Crippen molar-refractivity contribution in [3.63, 3.8) is 0 Å². The maximum atomic E-state index is 11.7. The summed E-state index contributed by atoms with van der Waals surface area (Å²) in [6.45, 7) is 4.07. The van der Waals surface area contributed by atoms with Crippen LogP contribution in [0.2, 0.25) is 0 Å². The maximum Gasteiger partial charge on any atom is 0.326 e. The molecule has 2 atom stereocenters. The van der Waals surface area contributed by atoms with Gasteiger partial charge in [0.15, 0.2) is 0 Å². The van der Waals surface area contributed by atoms with Gasteiger partial charge in [-0.05, 0) is 12.3 Å². The summed E-state index contributed by atoms with van der Waals surface area (Å²) in [6, 6.07) is -0.877. The van der Waals surface area contributed by atoms with Crippen molar-refractivity contribution < 1.29 is 19.5 Å². The molecule has 6 nitrogen and oxygen atoms in total. The van der Waals surface area contributed by atoms with Crippen LogP contribution in [-0.2, 0) is 14.4 Å². The first-order valence-corrected chi connectivity index (χ1v) is 5.70. The molecule has 0 aliphatic carbocycles. The SMILES string of the molecule is CC(C)C[C@H](NC(=O)C1CNC(=O)C1)C(=O)O. The van der Waals surface area contributed by atoms with Crippen molar-refractivity contribution in [2.24, 2.45) is 11.8 Å². The molecule has 0 saturated carbocycles. The molecule has 0 spiro atoms. The molecule has 17 heavy (non-hydrogen) atoms. The molecule has 0 radical (unpaired) electrons. The van der Waals surface area contributed by atoms with Crippen LogP contribution in [0.3, 0.4) is 0 Å². The van der Waals surface area contributed by atoms with Crippen LogP contribution >= 0.6 is 0 Å². The Balaban J connectivity index is 2.52. The van der Waals surface area contributed by atoms with Gasteiger partial charge < -0.3 is 15.7 Å². The zero-order chi connectivity index (χ0) is 13.0. The molecule has 3 N–H and O–H groups in total. The summed E-state index contributed by atoms with van der Waals surface area (Å²) in [5.41, 5.74) is 0. The van der Waals surface area contributed by atoms with Crippen molar-refractivity contribution in [3.8, 4) is 0 Å². The molecule has 0 aromatic heterocycles. The highest BCUT2D eigenvalue weighted by atomic mass is 16.4. The summed E-state index contributed by atoms with van der Waals surface area (Å²) < 4.78 is 0. The lowest BCUT2D eigenvalue weighted by Gasteiger charge is -2.18. The first-order chi connectivity index (χ1) is 7.90. The highest BCUT2D eigenvalue weighted by Crippen LogP contribution is 2.11. The molecule has 96 valence electrons. The topological polar surface area (TPSA) is 95.5 Å². The van der Waals surface area contributed by atoms with Crippen molar-refractivity contribution in [1.29, 1.82) is 0 Å². The molecule has 0 bridgehead atoms. The fraction of sp³-hybridized carbons (Fsp3) is 0.727. The first-order valence-electron chi connectivity index (χ1n) is 5.70. The van der Waals surface area contributed by atoms with E-state index in [1.807, 2.05) is 13.8 Å². The molecule has 1 aliphatic heterocycles. The molecular formula is C11H18N2O4. The highest BCUT2D eigenvalue weighted by molar-refractivity contribution is 5.91. The van der Waals surface area contributed by atoms with E-state index in [1.165, 1.54) is 0 Å². The molecule has 1 fully saturated rings. The lowest BCUT2D eigenvalue weighted by molar-refractivity contribution is -0.142. The quantitative estimate of drug-likeness (QED) is 0.619. The average molecular weight is 242 g/mol. The van der Waals surface area contributed by atoms with Crippen molar-refractivity contribution >= 4 is 17.8 Å². The number of carboxylic acid groups (broad SMARTS) is 1. The van der Waals surface area contributed by atoms with Crippen molar-refractivity contribution in [2.75, 3.05) is 6.54 Å². The lowest BCUT2D eigenvalue weighted by Crippen LogP contribution is -2.44. The number of rotatable bonds is 5. The second-order valence-electron chi connectivity index (χ2n) is 4.73. The second kappa shape index (κ2) is 5.65. The zero-order valence-corrected chi connectivity index (χ0v) is 10.0. The Morgan fingerprint density at radius 1 is 1.53 bits per heavy atom. The normalized spacial score (nSPS) is 21.1. The van der Waals surface area contributed by atoms with Gasteiger partial charge in [0.1, 0.15) is 6.04 Å². The molecule has 1 heterocycles. The minimum Gasteiger partial charge on any atom is -0.480 e. The van der Waals surface area contributed by atoms with Crippen LogP contribution in [0, 0.1) is 11.8 Å². The van der Waals surface area contributed by atoms with Gasteiger partial charge in [-0.25, -0.2) is 4.79 Å². The van der Waals surface area contributed by atoms with Crippen molar-refractivity contribution in [1.82, 2.24) is 10.6 Å². The number of amides is 2. The molecule has 2 amide bonds. The van der Waals surface area contributed by atoms with Gasteiger partial charge in [0.2, 0.25) is 11.8 Å². The van der Waals surface area contributed by atoms with Crippen LogP contribution in [0.1, 0.15) is 26.7 Å². The molecule has 0 aromatic carbocycles. The maximum absolute atomic E-state index is 11.7. The van der Waals surface area contributed by atoms with E-state index in [9.17, 15) is 14.4 Å². The van der Waals surface area contributed by atoms with Gasteiger partial charge in [0.25, 0.3) is 0 Å². The average Bonchev–Trinajstić information content (AvgIpc) is 2.63. The van der Waals surface area contributed by atoms with Crippen LogP contribution in [-0.4, -0.2) is 35.5 Å². The van der Waals surface area contributed by atoms with E-state index < -0.39 is 17.9 Å². The zero-order valence-electron chi connectivity index (χ0n) is 10.0. The first kappa shape index (κ1) is 13.5. The third-order valence-corrected chi connectivity index (χ3v) is 2.67. The van der Waals surface area contributed by atoms with Gasteiger partial charge in [-0.1, -0.05) is 13.8 Å². The number of carbonyl (C=O) groups is 3. The Bertz CT molecular complexity index is 327. The Morgan fingerprint density at radius 3 is 2.59 bits per heavy atom. The number of carbonyl (C=O) groups excluding carboxylic acids is 2.